The zero-order valence-electron chi connectivity index (χ0n) is 12.1. The van der Waals surface area contributed by atoms with Crippen LogP contribution in [0.25, 0.3) is 11.4 Å². The van der Waals surface area contributed by atoms with Crippen molar-refractivity contribution >= 4 is 0 Å². The van der Waals surface area contributed by atoms with Crippen molar-refractivity contribution in [3.8, 4) is 11.4 Å². The van der Waals surface area contributed by atoms with Crippen LogP contribution in [0.1, 0.15) is 38.1 Å². The van der Waals surface area contributed by atoms with Crippen molar-refractivity contribution < 1.29 is 9.63 Å². The van der Waals surface area contributed by atoms with Crippen LogP contribution in [0.4, 0.5) is 0 Å². The summed E-state index contributed by atoms with van der Waals surface area (Å²) < 4.78 is 5.16. The maximum atomic E-state index is 9.90. The summed E-state index contributed by atoms with van der Waals surface area (Å²) in [6.07, 6.45) is 0.251. The van der Waals surface area contributed by atoms with Crippen molar-refractivity contribution in [3.63, 3.8) is 0 Å². The van der Waals surface area contributed by atoms with Crippen molar-refractivity contribution in [1.82, 2.24) is 10.1 Å². The standard InChI is InChI=1S/C15H21N3O2/c1-10(2)11-4-6-12(7-5-11)14-17-13(20-18-14)8-15(3,19)9-16/h4-7,10,19H,8-9,16H2,1-3H3. The van der Waals surface area contributed by atoms with Gasteiger partial charge in [0.25, 0.3) is 0 Å². The van der Waals surface area contributed by atoms with Crippen LogP contribution in [0.15, 0.2) is 28.8 Å². The molecule has 108 valence electrons. The minimum atomic E-state index is -1.02. The Bertz CT molecular complexity index is 559. The largest absolute Gasteiger partial charge is 0.388 e. The van der Waals surface area contributed by atoms with Crippen LogP contribution in [-0.2, 0) is 6.42 Å². The van der Waals surface area contributed by atoms with Gasteiger partial charge in [0.2, 0.25) is 11.7 Å². The van der Waals surface area contributed by atoms with Gasteiger partial charge in [-0.1, -0.05) is 43.3 Å². The van der Waals surface area contributed by atoms with Gasteiger partial charge in [0.15, 0.2) is 0 Å². The third-order valence-corrected chi connectivity index (χ3v) is 3.28. The summed E-state index contributed by atoms with van der Waals surface area (Å²) >= 11 is 0. The van der Waals surface area contributed by atoms with E-state index in [1.807, 2.05) is 12.1 Å². The lowest BCUT2D eigenvalue weighted by Crippen LogP contribution is -2.36. The van der Waals surface area contributed by atoms with E-state index in [-0.39, 0.29) is 13.0 Å². The Kier molecular flexibility index (Phi) is 4.20. The molecule has 0 saturated heterocycles. The maximum Gasteiger partial charge on any atom is 0.229 e. The minimum absolute atomic E-state index is 0.147. The third kappa shape index (κ3) is 3.43. The van der Waals surface area contributed by atoms with E-state index in [0.717, 1.165) is 5.56 Å². The van der Waals surface area contributed by atoms with Gasteiger partial charge in [0.1, 0.15) is 0 Å². The van der Waals surface area contributed by atoms with E-state index in [1.54, 1.807) is 6.92 Å². The molecule has 0 fully saturated rings. The van der Waals surface area contributed by atoms with Gasteiger partial charge in [-0.15, -0.1) is 0 Å². The molecule has 0 radical (unpaired) electrons. The van der Waals surface area contributed by atoms with E-state index in [9.17, 15) is 5.11 Å². The van der Waals surface area contributed by atoms with Crippen LogP contribution in [0.3, 0.4) is 0 Å². The van der Waals surface area contributed by atoms with Gasteiger partial charge in [-0.2, -0.15) is 4.98 Å². The number of nitrogens with zero attached hydrogens (tertiary/aromatic N) is 2. The van der Waals surface area contributed by atoms with Crippen LogP contribution in [0.2, 0.25) is 0 Å². The van der Waals surface area contributed by atoms with Crippen LogP contribution < -0.4 is 5.73 Å². The van der Waals surface area contributed by atoms with Gasteiger partial charge in [0.05, 0.1) is 12.0 Å². The topological polar surface area (TPSA) is 85.2 Å². The van der Waals surface area contributed by atoms with E-state index in [0.29, 0.717) is 17.6 Å². The second-order valence-corrected chi connectivity index (χ2v) is 5.67. The highest BCUT2D eigenvalue weighted by Crippen LogP contribution is 2.21. The van der Waals surface area contributed by atoms with Crippen molar-refractivity contribution in [2.24, 2.45) is 5.73 Å². The summed E-state index contributed by atoms with van der Waals surface area (Å²) in [4.78, 5) is 4.29. The molecule has 1 aromatic carbocycles. The summed E-state index contributed by atoms with van der Waals surface area (Å²) in [6.45, 7) is 6.09. The van der Waals surface area contributed by atoms with Crippen LogP contribution in [0.5, 0.6) is 0 Å². The first-order chi connectivity index (χ1) is 9.41. The van der Waals surface area contributed by atoms with Gasteiger partial charge in [-0.3, -0.25) is 0 Å². The first-order valence-corrected chi connectivity index (χ1v) is 6.76. The number of rotatable bonds is 5. The molecule has 0 bridgehead atoms. The summed E-state index contributed by atoms with van der Waals surface area (Å²) in [5, 5.41) is 13.8. The van der Waals surface area contributed by atoms with Gasteiger partial charge < -0.3 is 15.4 Å². The second-order valence-electron chi connectivity index (χ2n) is 5.67. The molecule has 3 N–H and O–H groups in total. The average molecular weight is 275 g/mol. The van der Waals surface area contributed by atoms with E-state index >= 15 is 0 Å². The Balaban J connectivity index is 2.16. The molecule has 2 aromatic rings. The Morgan fingerprint density at radius 1 is 1.30 bits per heavy atom. The summed E-state index contributed by atoms with van der Waals surface area (Å²) in [5.74, 6) is 1.41. The SMILES string of the molecule is CC(C)c1ccc(-c2noc(CC(C)(O)CN)n2)cc1. The molecule has 2 rings (SSSR count). The summed E-state index contributed by atoms with van der Waals surface area (Å²) in [5.41, 5.74) is 6.62. The molecule has 0 saturated carbocycles. The van der Waals surface area contributed by atoms with E-state index in [2.05, 4.69) is 36.1 Å². The number of aliphatic hydroxyl groups is 1. The van der Waals surface area contributed by atoms with Crippen molar-refractivity contribution in [2.75, 3.05) is 6.54 Å². The first-order valence-electron chi connectivity index (χ1n) is 6.76. The fourth-order valence-corrected chi connectivity index (χ4v) is 1.86. The molecular weight excluding hydrogens is 254 g/mol. The maximum absolute atomic E-state index is 9.90. The molecule has 1 unspecified atom stereocenters. The highest BCUT2D eigenvalue weighted by atomic mass is 16.5. The summed E-state index contributed by atoms with van der Waals surface area (Å²) in [6, 6.07) is 8.08. The monoisotopic (exact) mass is 275 g/mol. The Morgan fingerprint density at radius 2 is 1.95 bits per heavy atom. The van der Waals surface area contributed by atoms with Crippen molar-refractivity contribution in [2.45, 2.75) is 38.7 Å². The number of hydrogen-bond acceptors (Lipinski definition) is 5. The van der Waals surface area contributed by atoms with Crippen molar-refractivity contribution in [1.29, 1.82) is 0 Å². The predicted octanol–water partition coefficient (Wildman–Crippen LogP) is 2.11. The Labute approximate surface area is 118 Å². The molecule has 5 nitrogen and oxygen atoms in total. The van der Waals surface area contributed by atoms with Crippen LogP contribution in [-0.4, -0.2) is 27.4 Å². The lowest BCUT2D eigenvalue weighted by atomic mass is 10.0. The van der Waals surface area contributed by atoms with Crippen LogP contribution in [0, 0.1) is 0 Å². The molecule has 0 amide bonds. The molecule has 1 aromatic heterocycles. The highest BCUT2D eigenvalue weighted by Gasteiger charge is 2.22. The minimum Gasteiger partial charge on any atom is -0.388 e. The number of benzene rings is 1. The Morgan fingerprint density at radius 3 is 2.50 bits per heavy atom. The first kappa shape index (κ1) is 14.7. The second kappa shape index (κ2) is 5.73. The number of hydrogen-bond donors (Lipinski definition) is 2. The number of aromatic nitrogens is 2. The molecule has 1 heterocycles. The van der Waals surface area contributed by atoms with E-state index in [1.165, 1.54) is 5.56 Å². The predicted molar refractivity (Wildman–Crippen MR) is 77.2 cm³/mol. The normalized spacial score (nSPS) is 14.5. The Hall–Kier alpha value is -1.72. The fraction of sp³-hybridized carbons (Fsp3) is 0.467. The highest BCUT2D eigenvalue weighted by molar-refractivity contribution is 5.54. The van der Waals surface area contributed by atoms with Crippen molar-refractivity contribution in [3.05, 3.63) is 35.7 Å². The van der Waals surface area contributed by atoms with E-state index in [4.69, 9.17) is 10.3 Å². The van der Waals surface area contributed by atoms with E-state index < -0.39 is 5.60 Å². The molecule has 1 atom stereocenters. The van der Waals surface area contributed by atoms with Gasteiger partial charge in [0, 0.05) is 12.1 Å². The zero-order valence-corrected chi connectivity index (χ0v) is 12.1. The van der Waals surface area contributed by atoms with Gasteiger partial charge in [-0.25, -0.2) is 0 Å². The molecule has 20 heavy (non-hydrogen) atoms. The average Bonchev–Trinajstić information content (AvgIpc) is 2.86. The molecular formula is C15H21N3O2. The molecule has 5 heteroatoms. The summed E-state index contributed by atoms with van der Waals surface area (Å²) in [7, 11) is 0. The van der Waals surface area contributed by atoms with Crippen LogP contribution >= 0.6 is 0 Å². The smallest absolute Gasteiger partial charge is 0.229 e. The lowest BCUT2D eigenvalue weighted by molar-refractivity contribution is 0.0610. The fourth-order valence-electron chi connectivity index (χ4n) is 1.86. The quantitative estimate of drug-likeness (QED) is 0.873. The molecule has 0 aliphatic carbocycles. The molecule has 0 aliphatic heterocycles. The number of nitrogens with two attached hydrogens (primary N) is 1. The zero-order chi connectivity index (χ0) is 14.8. The van der Waals surface area contributed by atoms with Gasteiger partial charge in [-0.05, 0) is 18.4 Å². The van der Waals surface area contributed by atoms with Gasteiger partial charge >= 0.3 is 0 Å². The molecule has 0 spiro atoms. The molecule has 0 aliphatic rings. The lowest BCUT2D eigenvalue weighted by Gasteiger charge is -2.17. The third-order valence-electron chi connectivity index (χ3n) is 3.28.